The molecule has 0 aromatic heterocycles. The minimum absolute atomic E-state index is 0.244. The Kier molecular flexibility index (Phi) is 4.51. The molecule has 0 spiro atoms. The molecule has 1 heterocycles. The van der Waals surface area contributed by atoms with Crippen LogP contribution in [-0.2, 0) is 23.9 Å². The van der Waals surface area contributed by atoms with Crippen LogP contribution in [0.4, 0.5) is 0 Å². The Hall–Kier alpha value is -1.63. The molecule has 1 saturated carbocycles. The van der Waals surface area contributed by atoms with E-state index in [1.807, 2.05) is 0 Å². The SMILES string of the molecule is CCOC(=O)CC(=O)NC1(C2(C(=O)OCC)CNC2)CC1. The van der Waals surface area contributed by atoms with Gasteiger partial charge in [-0.1, -0.05) is 0 Å². The molecule has 0 unspecified atom stereocenters. The number of hydrogen-bond acceptors (Lipinski definition) is 6. The summed E-state index contributed by atoms with van der Waals surface area (Å²) >= 11 is 0. The summed E-state index contributed by atoms with van der Waals surface area (Å²) in [5.41, 5.74) is -1.28. The van der Waals surface area contributed by atoms with Crippen molar-refractivity contribution in [1.82, 2.24) is 10.6 Å². The van der Waals surface area contributed by atoms with Gasteiger partial charge in [-0.3, -0.25) is 14.4 Å². The predicted octanol–water partition coefficient (Wildman–Crippen LogP) is -0.259. The summed E-state index contributed by atoms with van der Waals surface area (Å²) in [4.78, 5) is 35.5. The highest BCUT2D eigenvalue weighted by Gasteiger charge is 2.67. The maximum absolute atomic E-state index is 12.2. The summed E-state index contributed by atoms with van der Waals surface area (Å²) in [5.74, 6) is -1.23. The lowest BCUT2D eigenvalue weighted by Gasteiger charge is -2.46. The molecule has 2 rings (SSSR count). The number of carbonyl (C=O) groups is 3. The second-order valence-corrected chi connectivity index (χ2v) is 5.52. The number of ether oxygens (including phenoxy) is 2. The fourth-order valence-corrected chi connectivity index (χ4v) is 2.82. The standard InChI is InChI=1S/C14H22N2O5/c1-3-20-11(18)7-10(17)16-14(5-6-14)13(8-15-9-13)12(19)21-4-2/h15H,3-9H2,1-2H3,(H,16,17). The molecule has 1 amide bonds. The van der Waals surface area contributed by atoms with Gasteiger partial charge in [0.05, 0.1) is 18.8 Å². The van der Waals surface area contributed by atoms with E-state index in [2.05, 4.69) is 10.6 Å². The van der Waals surface area contributed by atoms with Crippen molar-refractivity contribution in [1.29, 1.82) is 0 Å². The van der Waals surface area contributed by atoms with E-state index in [1.54, 1.807) is 13.8 Å². The molecule has 118 valence electrons. The maximum Gasteiger partial charge on any atom is 0.317 e. The summed E-state index contributed by atoms with van der Waals surface area (Å²) in [7, 11) is 0. The number of nitrogens with one attached hydrogen (secondary N) is 2. The van der Waals surface area contributed by atoms with Gasteiger partial charge in [-0.2, -0.15) is 0 Å². The molecule has 0 bridgehead atoms. The van der Waals surface area contributed by atoms with E-state index >= 15 is 0 Å². The van der Waals surface area contributed by atoms with Crippen molar-refractivity contribution >= 4 is 17.8 Å². The Bertz CT molecular complexity index is 441. The van der Waals surface area contributed by atoms with Crippen LogP contribution >= 0.6 is 0 Å². The van der Waals surface area contributed by atoms with E-state index in [0.717, 1.165) is 12.8 Å². The Labute approximate surface area is 123 Å². The lowest BCUT2D eigenvalue weighted by Crippen LogP contribution is -2.70. The molecule has 0 atom stereocenters. The molecule has 2 N–H and O–H groups in total. The van der Waals surface area contributed by atoms with E-state index in [0.29, 0.717) is 19.7 Å². The first-order valence-electron chi connectivity index (χ1n) is 7.34. The summed E-state index contributed by atoms with van der Waals surface area (Å²) in [6, 6.07) is 0. The molecular weight excluding hydrogens is 276 g/mol. The van der Waals surface area contributed by atoms with Gasteiger partial charge in [0, 0.05) is 13.1 Å². The van der Waals surface area contributed by atoms with Crippen molar-refractivity contribution in [2.75, 3.05) is 26.3 Å². The third-order valence-electron chi connectivity index (χ3n) is 4.17. The van der Waals surface area contributed by atoms with E-state index in [1.165, 1.54) is 0 Å². The normalized spacial score (nSPS) is 20.9. The van der Waals surface area contributed by atoms with Crippen LogP contribution in [0.5, 0.6) is 0 Å². The quantitative estimate of drug-likeness (QED) is 0.497. The van der Waals surface area contributed by atoms with Gasteiger partial charge in [0.25, 0.3) is 0 Å². The van der Waals surface area contributed by atoms with E-state index in [-0.39, 0.29) is 19.0 Å². The number of carbonyl (C=O) groups excluding carboxylic acids is 3. The lowest BCUT2D eigenvalue weighted by atomic mass is 9.72. The monoisotopic (exact) mass is 298 g/mol. The van der Waals surface area contributed by atoms with Crippen LogP contribution in [0.25, 0.3) is 0 Å². The molecule has 0 aromatic carbocycles. The molecule has 2 aliphatic rings. The first-order valence-corrected chi connectivity index (χ1v) is 7.34. The first-order chi connectivity index (χ1) is 9.99. The highest BCUT2D eigenvalue weighted by molar-refractivity contribution is 5.95. The predicted molar refractivity (Wildman–Crippen MR) is 73.3 cm³/mol. The number of amides is 1. The van der Waals surface area contributed by atoms with Gasteiger partial charge < -0.3 is 20.1 Å². The number of rotatable bonds is 7. The van der Waals surface area contributed by atoms with Crippen LogP contribution in [0.3, 0.4) is 0 Å². The molecule has 7 heteroatoms. The molecule has 0 aromatic rings. The summed E-state index contributed by atoms with van der Waals surface area (Å²) in [5, 5.41) is 5.94. The fraction of sp³-hybridized carbons (Fsp3) is 0.786. The third kappa shape index (κ3) is 2.88. The average Bonchev–Trinajstić information content (AvgIpc) is 3.08. The second kappa shape index (κ2) is 6.01. The molecule has 7 nitrogen and oxygen atoms in total. The Morgan fingerprint density at radius 1 is 1.10 bits per heavy atom. The molecule has 1 aliphatic heterocycles. The highest BCUT2D eigenvalue weighted by Crippen LogP contribution is 2.53. The molecule has 21 heavy (non-hydrogen) atoms. The number of hydrogen-bond donors (Lipinski definition) is 2. The van der Waals surface area contributed by atoms with Gasteiger partial charge in [0.15, 0.2) is 0 Å². The Morgan fingerprint density at radius 3 is 2.14 bits per heavy atom. The van der Waals surface area contributed by atoms with Crippen molar-refractivity contribution < 1.29 is 23.9 Å². The van der Waals surface area contributed by atoms with Crippen LogP contribution in [0.2, 0.25) is 0 Å². The topological polar surface area (TPSA) is 93.7 Å². The average molecular weight is 298 g/mol. The van der Waals surface area contributed by atoms with Crippen LogP contribution in [-0.4, -0.2) is 49.7 Å². The van der Waals surface area contributed by atoms with E-state index in [9.17, 15) is 14.4 Å². The van der Waals surface area contributed by atoms with Gasteiger partial charge >= 0.3 is 11.9 Å². The number of esters is 2. The van der Waals surface area contributed by atoms with Crippen molar-refractivity contribution in [2.24, 2.45) is 5.41 Å². The van der Waals surface area contributed by atoms with Crippen molar-refractivity contribution in [3.05, 3.63) is 0 Å². The minimum Gasteiger partial charge on any atom is -0.466 e. The Balaban J connectivity index is 1.99. The van der Waals surface area contributed by atoms with Crippen molar-refractivity contribution in [2.45, 2.75) is 38.6 Å². The largest absolute Gasteiger partial charge is 0.466 e. The molecule has 2 fully saturated rings. The Morgan fingerprint density at radius 2 is 1.71 bits per heavy atom. The van der Waals surface area contributed by atoms with E-state index in [4.69, 9.17) is 9.47 Å². The van der Waals surface area contributed by atoms with Crippen LogP contribution in [0, 0.1) is 5.41 Å². The zero-order chi connectivity index (χ0) is 15.5. The molecule has 0 radical (unpaired) electrons. The summed E-state index contributed by atoms with van der Waals surface area (Å²) in [6.45, 7) is 4.99. The summed E-state index contributed by atoms with van der Waals surface area (Å²) < 4.78 is 9.91. The summed E-state index contributed by atoms with van der Waals surface area (Å²) in [6.07, 6.45) is 1.13. The van der Waals surface area contributed by atoms with Gasteiger partial charge in [0.1, 0.15) is 11.8 Å². The van der Waals surface area contributed by atoms with Gasteiger partial charge in [-0.05, 0) is 26.7 Å². The zero-order valence-electron chi connectivity index (χ0n) is 12.5. The second-order valence-electron chi connectivity index (χ2n) is 5.52. The van der Waals surface area contributed by atoms with Crippen LogP contribution in [0.15, 0.2) is 0 Å². The minimum atomic E-state index is -0.701. The zero-order valence-corrected chi connectivity index (χ0v) is 12.5. The van der Waals surface area contributed by atoms with Crippen molar-refractivity contribution in [3.8, 4) is 0 Å². The first kappa shape index (κ1) is 15.8. The van der Waals surface area contributed by atoms with Gasteiger partial charge in [-0.15, -0.1) is 0 Å². The lowest BCUT2D eigenvalue weighted by molar-refractivity contribution is -0.163. The van der Waals surface area contributed by atoms with Crippen LogP contribution in [0.1, 0.15) is 33.1 Å². The van der Waals surface area contributed by atoms with Crippen molar-refractivity contribution in [3.63, 3.8) is 0 Å². The molecule has 1 aliphatic carbocycles. The van der Waals surface area contributed by atoms with Crippen LogP contribution < -0.4 is 10.6 Å². The molecule has 1 saturated heterocycles. The maximum atomic E-state index is 12.2. The highest BCUT2D eigenvalue weighted by atomic mass is 16.5. The fourth-order valence-electron chi connectivity index (χ4n) is 2.82. The smallest absolute Gasteiger partial charge is 0.317 e. The van der Waals surface area contributed by atoms with E-state index < -0.39 is 22.8 Å². The van der Waals surface area contributed by atoms with Gasteiger partial charge in [-0.25, -0.2) is 0 Å². The third-order valence-corrected chi connectivity index (χ3v) is 4.17. The van der Waals surface area contributed by atoms with Gasteiger partial charge in [0.2, 0.25) is 5.91 Å². The molecular formula is C14H22N2O5.